The molecular formula is C13H16N4O2S2. The van der Waals surface area contributed by atoms with E-state index in [9.17, 15) is 9.59 Å². The Bertz CT molecular complexity index is 708. The number of aromatic nitrogens is 3. The summed E-state index contributed by atoms with van der Waals surface area (Å²) in [6, 6.07) is 1.79. The van der Waals surface area contributed by atoms with Crippen LogP contribution in [-0.4, -0.2) is 33.4 Å². The molecule has 0 spiro atoms. The SMILES string of the molecule is Cc1cc(C)c(C(=O)NCCSc2nnc(C)s2)c(=O)[nH]1. The summed E-state index contributed by atoms with van der Waals surface area (Å²) in [6.07, 6.45) is 0. The monoisotopic (exact) mass is 324 g/mol. The Labute approximate surface area is 130 Å². The molecule has 0 fully saturated rings. The summed E-state index contributed by atoms with van der Waals surface area (Å²) in [7, 11) is 0. The number of carbonyl (C=O) groups is 1. The number of thioether (sulfide) groups is 1. The van der Waals surface area contributed by atoms with E-state index in [1.165, 1.54) is 23.1 Å². The molecule has 0 aromatic carbocycles. The molecule has 0 unspecified atom stereocenters. The second-order valence-electron chi connectivity index (χ2n) is 4.53. The van der Waals surface area contributed by atoms with Crippen LogP contribution in [0.4, 0.5) is 0 Å². The van der Waals surface area contributed by atoms with Crippen molar-refractivity contribution in [2.75, 3.05) is 12.3 Å². The van der Waals surface area contributed by atoms with Gasteiger partial charge in [-0.1, -0.05) is 23.1 Å². The van der Waals surface area contributed by atoms with E-state index in [0.717, 1.165) is 15.0 Å². The molecule has 21 heavy (non-hydrogen) atoms. The summed E-state index contributed by atoms with van der Waals surface area (Å²) in [5, 5.41) is 11.6. The minimum atomic E-state index is -0.350. The van der Waals surface area contributed by atoms with Gasteiger partial charge in [-0.05, 0) is 32.4 Å². The van der Waals surface area contributed by atoms with Gasteiger partial charge in [0, 0.05) is 18.0 Å². The van der Waals surface area contributed by atoms with Crippen molar-refractivity contribution in [3.8, 4) is 0 Å². The highest BCUT2D eigenvalue weighted by atomic mass is 32.2. The highest BCUT2D eigenvalue weighted by molar-refractivity contribution is 8.01. The summed E-state index contributed by atoms with van der Waals surface area (Å²) in [4.78, 5) is 26.5. The number of aromatic amines is 1. The Balaban J connectivity index is 1.89. The van der Waals surface area contributed by atoms with E-state index in [1.54, 1.807) is 19.9 Å². The number of hydrogen-bond donors (Lipinski definition) is 2. The molecule has 0 aliphatic rings. The Morgan fingerprint density at radius 3 is 2.76 bits per heavy atom. The largest absolute Gasteiger partial charge is 0.351 e. The maximum absolute atomic E-state index is 12.0. The van der Waals surface area contributed by atoms with Crippen molar-refractivity contribution in [1.29, 1.82) is 0 Å². The molecule has 0 radical (unpaired) electrons. The van der Waals surface area contributed by atoms with Crippen LogP contribution in [0.25, 0.3) is 0 Å². The fourth-order valence-electron chi connectivity index (χ4n) is 1.86. The van der Waals surface area contributed by atoms with Crippen LogP contribution in [0, 0.1) is 20.8 Å². The molecule has 0 atom stereocenters. The smallest absolute Gasteiger partial charge is 0.261 e. The van der Waals surface area contributed by atoms with Gasteiger partial charge in [-0.15, -0.1) is 10.2 Å². The standard InChI is InChI=1S/C13H16N4O2S2/c1-7-6-8(2)15-12(19)10(7)11(18)14-4-5-20-13-17-16-9(3)21-13/h6H,4-5H2,1-3H3,(H,14,18)(H,15,19). The molecule has 2 aromatic rings. The zero-order chi connectivity index (χ0) is 15.4. The van der Waals surface area contributed by atoms with Crippen LogP contribution in [0.3, 0.4) is 0 Å². The molecule has 2 heterocycles. The van der Waals surface area contributed by atoms with Gasteiger partial charge < -0.3 is 10.3 Å². The zero-order valence-electron chi connectivity index (χ0n) is 12.0. The summed E-state index contributed by atoms with van der Waals surface area (Å²) in [5.41, 5.74) is 1.26. The first-order valence-corrected chi connectivity index (χ1v) is 8.19. The highest BCUT2D eigenvalue weighted by Crippen LogP contribution is 2.20. The topological polar surface area (TPSA) is 87.7 Å². The van der Waals surface area contributed by atoms with Gasteiger partial charge >= 0.3 is 0 Å². The fourth-order valence-corrected chi connectivity index (χ4v) is 3.60. The average Bonchev–Trinajstić information content (AvgIpc) is 2.79. The Kier molecular flexibility index (Phi) is 5.13. The molecule has 8 heteroatoms. The van der Waals surface area contributed by atoms with Crippen LogP contribution < -0.4 is 10.9 Å². The Morgan fingerprint density at radius 2 is 2.14 bits per heavy atom. The Morgan fingerprint density at radius 1 is 1.38 bits per heavy atom. The second-order valence-corrected chi connectivity index (χ2v) is 7.05. The van der Waals surface area contributed by atoms with Gasteiger partial charge in [-0.3, -0.25) is 9.59 Å². The molecule has 6 nitrogen and oxygen atoms in total. The van der Waals surface area contributed by atoms with Gasteiger partial charge in [0.2, 0.25) is 0 Å². The first-order chi connectivity index (χ1) is 9.97. The third-order valence-electron chi connectivity index (χ3n) is 2.71. The lowest BCUT2D eigenvalue weighted by molar-refractivity contribution is 0.0954. The number of nitrogens with zero attached hydrogens (tertiary/aromatic N) is 2. The molecule has 112 valence electrons. The summed E-state index contributed by atoms with van der Waals surface area (Å²) in [5.74, 6) is 0.339. The quantitative estimate of drug-likeness (QED) is 0.645. The highest BCUT2D eigenvalue weighted by Gasteiger charge is 2.13. The minimum absolute atomic E-state index is 0.178. The molecule has 2 rings (SSSR count). The van der Waals surface area contributed by atoms with Gasteiger partial charge in [-0.2, -0.15) is 0 Å². The van der Waals surface area contributed by atoms with Crippen molar-refractivity contribution in [3.05, 3.63) is 38.2 Å². The van der Waals surface area contributed by atoms with Crippen LogP contribution in [0.5, 0.6) is 0 Å². The molecule has 0 saturated heterocycles. The van der Waals surface area contributed by atoms with E-state index in [1.807, 2.05) is 6.92 Å². The summed E-state index contributed by atoms with van der Waals surface area (Å²) >= 11 is 3.06. The molecule has 0 aliphatic carbocycles. The molecule has 0 bridgehead atoms. The molecule has 2 aromatic heterocycles. The van der Waals surface area contributed by atoms with Crippen LogP contribution in [-0.2, 0) is 0 Å². The fraction of sp³-hybridized carbons (Fsp3) is 0.385. The molecule has 0 aliphatic heterocycles. The number of hydrogen-bond acceptors (Lipinski definition) is 6. The number of carbonyl (C=O) groups excluding carboxylic acids is 1. The van der Waals surface area contributed by atoms with Crippen LogP contribution in [0.15, 0.2) is 15.2 Å². The van der Waals surface area contributed by atoms with Crippen molar-refractivity contribution in [2.45, 2.75) is 25.1 Å². The van der Waals surface area contributed by atoms with Crippen molar-refractivity contribution in [1.82, 2.24) is 20.5 Å². The minimum Gasteiger partial charge on any atom is -0.351 e. The van der Waals surface area contributed by atoms with Gasteiger partial charge in [0.1, 0.15) is 10.6 Å². The number of H-pyrrole nitrogens is 1. The third-order valence-corrected chi connectivity index (χ3v) is 4.69. The van der Waals surface area contributed by atoms with Gasteiger partial charge in [0.15, 0.2) is 4.34 Å². The molecule has 1 amide bonds. The molecule has 2 N–H and O–H groups in total. The van der Waals surface area contributed by atoms with Crippen LogP contribution in [0.2, 0.25) is 0 Å². The van der Waals surface area contributed by atoms with Gasteiger partial charge in [0.05, 0.1) is 0 Å². The van der Waals surface area contributed by atoms with E-state index in [2.05, 4.69) is 20.5 Å². The van der Waals surface area contributed by atoms with E-state index >= 15 is 0 Å². The maximum Gasteiger partial charge on any atom is 0.261 e. The lowest BCUT2D eigenvalue weighted by Crippen LogP contribution is -2.32. The lowest BCUT2D eigenvalue weighted by atomic mass is 10.1. The number of amides is 1. The second kappa shape index (κ2) is 6.86. The third kappa shape index (κ3) is 4.15. The predicted molar refractivity (Wildman–Crippen MR) is 84.2 cm³/mol. The number of pyridine rings is 1. The number of rotatable bonds is 5. The van der Waals surface area contributed by atoms with Crippen molar-refractivity contribution >= 4 is 29.0 Å². The number of nitrogens with one attached hydrogen (secondary N) is 2. The van der Waals surface area contributed by atoms with Crippen LogP contribution >= 0.6 is 23.1 Å². The summed E-state index contributed by atoms with van der Waals surface area (Å²) < 4.78 is 0.881. The Hall–Kier alpha value is -1.67. The van der Waals surface area contributed by atoms with E-state index in [0.29, 0.717) is 17.9 Å². The predicted octanol–water partition coefficient (Wildman–Crippen LogP) is 1.67. The van der Waals surface area contributed by atoms with E-state index in [-0.39, 0.29) is 17.0 Å². The van der Waals surface area contributed by atoms with Crippen molar-refractivity contribution in [3.63, 3.8) is 0 Å². The maximum atomic E-state index is 12.0. The summed E-state index contributed by atoms with van der Waals surface area (Å²) in [6.45, 7) is 5.91. The first-order valence-electron chi connectivity index (χ1n) is 6.39. The van der Waals surface area contributed by atoms with Gasteiger partial charge in [-0.25, -0.2) is 0 Å². The van der Waals surface area contributed by atoms with Crippen molar-refractivity contribution < 1.29 is 4.79 Å². The van der Waals surface area contributed by atoms with Gasteiger partial charge in [0.25, 0.3) is 11.5 Å². The molecule has 0 saturated carbocycles. The molecular weight excluding hydrogens is 308 g/mol. The lowest BCUT2D eigenvalue weighted by Gasteiger charge is -2.07. The van der Waals surface area contributed by atoms with E-state index in [4.69, 9.17) is 0 Å². The average molecular weight is 324 g/mol. The zero-order valence-corrected chi connectivity index (χ0v) is 13.7. The van der Waals surface area contributed by atoms with E-state index < -0.39 is 0 Å². The first kappa shape index (κ1) is 15.7. The van der Waals surface area contributed by atoms with Crippen molar-refractivity contribution in [2.24, 2.45) is 0 Å². The van der Waals surface area contributed by atoms with Crippen LogP contribution in [0.1, 0.15) is 26.6 Å². The number of aryl methyl sites for hydroxylation is 3. The normalized spacial score (nSPS) is 10.6.